The second-order valence-corrected chi connectivity index (χ2v) is 3.62. The summed E-state index contributed by atoms with van der Waals surface area (Å²) in [6.45, 7) is 1.91. The zero-order chi connectivity index (χ0) is 11.7. The number of amides is 1. The van der Waals surface area contributed by atoms with Gasteiger partial charge in [0.1, 0.15) is 5.69 Å². The van der Waals surface area contributed by atoms with Crippen LogP contribution in [0.15, 0.2) is 24.7 Å². The van der Waals surface area contributed by atoms with E-state index in [1.165, 1.54) is 0 Å². The molecular weight excluding hydrogens is 204 g/mol. The molecule has 16 heavy (non-hydrogen) atoms. The molecule has 0 aliphatic carbocycles. The van der Waals surface area contributed by atoms with Crippen LogP contribution in [0.25, 0.3) is 11.1 Å². The molecule has 0 radical (unpaired) electrons. The molecule has 0 fully saturated rings. The third-order valence-corrected chi connectivity index (χ3v) is 2.39. The summed E-state index contributed by atoms with van der Waals surface area (Å²) in [6, 6.07) is 1.84. The summed E-state index contributed by atoms with van der Waals surface area (Å²) in [6.07, 6.45) is 5.10. The van der Waals surface area contributed by atoms with Crippen LogP contribution in [-0.2, 0) is 7.05 Å². The molecule has 0 aromatic carbocycles. The van der Waals surface area contributed by atoms with Crippen LogP contribution in [-0.4, -0.2) is 20.7 Å². The molecule has 2 aromatic heterocycles. The highest BCUT2D eigenvalue weighted by molar-refractivity contribution is 5.98. The number of carbonyl (C=O) groups is 1. The molecule has 1 amide bonds. The van der Waals surface area contributed by atoms with Crippen molar-refractivity contribution in [2.24, 2.45) is 12.8 Å². The molecular formula is C11H12N4O. The van der Waals surface area contributed by atoms with Crippen molar-refractivity contribution in [1.29, 1.82) is 0 Å². The Morgan fingerprint density at radius 3 is 2.81 bits per heavy atom. The lowest BCUT2D eigenvalue weighted by atomic mass is 10.0. The Balaban J connectivity index is 2.67. The summed E-state index contributed by atoms with van der Waals surface area (Å²) >= 11 is 0. The molecule has 0 atom stereocenters. The van der Waals surface area contributed by atoms with Crippen molar-refractivity contribution in [2.75, 3.05) is 0 Å². The van der Waals surface area contributed by atoms with Crippen molar-refractivity contribution < 1.29 is 4.79 Å². The first kappa shape index (κ1) is 10.4. The van der Waals surface area contributed by atoms with Gasteiger partial charge in [0, 0.05) is 30.6 Å². The molecule has 0 unspecified atom stereocenters. The first-order chi connectivity index (χ1) is 7.59. The Bertz CT molecular complexity index is 545. The van der Waals surface area contributed by atoms with Gasteiger partial charge in [-0.2, -0.15) is 5.10 Å². The Hall–Kier alpha value is -2.17. The van der Waals surface area contributed by atoms with Crippen LogP contribution in [0.1, 0.15) is 16.1 Å². The predicted molar refractivity (Wildman–Crippen MR) is 59.7 cm³/mol. The van der Waals surface area contributed by atoms with Crippen LogP contribution in [0.3, 0.4) is 0 Å². The first-order valence-corrected chi connectivity index (χ1v) is 4.84. The minimum atomic E-state index is -0.525. The Morgan fingerprint density at radius 1 is 1.50 bits per heavy atom. The average molecular weight is 216 g/mol. The number of pyridine rings is 1. The van der Waals surface area contributed by atoms with E-state index >= 15 is 0 Å². The van der Waals surface area contributed by atoms with Gasteiger partial charge in [0.25, 0.3) is 5.91 Å². The standard InChI is InChI=1S/C11H12N4O/c1-7-3-4-13-10(11(12)16)9(7)8-5-14-15(2)6-8/h3-6H,1-2H3,(H2,12,16). The first-order valence-electron chi connectivity index (χ1n) is 4.84. The van der Waals surface area contributed by atoms with Crippen LogP contribution in [0.4, 0.5) is 0 Å². The zero-order valence-electron chi connectivity index (χ0n) is 9.14. The fraction of sp³-hybridized carbons (Fsp3) is 0.182. The lowest BCUT2D eigenvalue weighted by molar-refractivity contribution is 0.0996. The average Bonchev–Trinajstić information content (AvgIpc) is 2.64. The van der Waals surface area contributed by atoms with Crippen molar-refractivity contribution in [1.82, 2.24) is 14.8 Å². The quantitative estimate of drug-likeness (QED) is 0.810. The molecule has 2 heterocycles. The molecule has 82 valence electrons. The summed E-state index contributed by atoms with van der Waals surface area (Å²) in [7, 11) is 1.82. The number of primary amides is 1. The molecule has 2 aromatic rings. The number of aryl methyl sites for hydroxylation is 2. The normalized spacial score (nSPS) is 10.4. The highest BCUT2D eigenvalue weighted by Crippen LogP contribution is 2.25. The third kappa shape index (κ3) is 1.67. The van der Waals surface area contributed by atoms with Gasteiger partial charge in [0.2, 0.25) is 0 Å². The molecule has 5 heteroatoms. The number of nitrogens with two attached hydrogens (primary N) is 1. The van der Waals surface area contributed by atoms with Gasteiger partial charge in [-0.3, -0.25) is 14.5 Å². The lowest BCUT2D eigenvalue weighted by Gasteiger charge is -2.06. The van der Waals surface area contributed by atoms with Gasteiger partial charge in [0.05, 0.1) is 6.20 Å². The molecule has 0 saturated carbocycles. The number of hydrogen-bond donors (Lipinski definition) is 1. The molecule has 0 saturated heterocycles. The Kier molecular flexibility index (Phi) is 2.44. The SMILES string of the molecule is Cc1ccnc(C(N)=O)c1-c1cnn(C)c1. The van der Waals surface area contributed by atoms with E-state index in [1.807, 2.05) is 26.2 Å². The molecule has 2 N–H and O–H groups in total. The second kappa shape index (κ2) is 3.77. The number of nitrogens with zero attached hydrogens (tertiary/aromatic N) is 3. The summed E-state index contributed by atoms with van der Waals surface area (Å²) in [4.78, 5) is 15.3. The van der Waals surface area contributed by atoms with Gasteiger partial charge in [-0.15, -0.1) is 0 Å². The summed E-state index contributed by atoms with van der Waals surface area (Å²) < 4.78 is 1.67. The number of hydrogen-bond acceptors (Lipinski definition) is 3. The van der Waals surface area contributed by atoms with E-state index in [9.17, 15) is 4.79 Å². The molecule has 2 rings (SSSR count). The summed E-state index contributed by atoms with van der Waals surface area (Å²) in [5.74, 6) is -0.525. The van der Waals surface area contributed by atoms with E-state index in [-0.39, 0.29) is 5.69 Å². The molecule has 0 spiro atoms. The zero-order valence-corrected chi connectivity index (χ0v) is 9.14. The predicted octanol–water partition coefficient (Wildman–Crippen LogP) is 0.889. The van der Waals surface area contributed by atoms with E-state index in [4.69, 9.17) is 5.73 Å². The van der Waals surface area contributed by atoms with Gasteiger partial charge in [-0.1, -0.05) is 0 Å². The van der Waals surface area contributed by atoms with Crippen molar-refractivity contribution in [3.8, 4) is 11.1 Å². The minimum Gasteiger partial charge on any atom is -0.364 e. The highest BCUT2D eigenvalue weighted by Gasteiger charge is 2.14. The maximum atomic E-state index is 11.3. The Labute approximate surface area is 92.9 Å². The van der Waals surface area contributed by atoms with E-state index in [0.717, 1.165) is 16.7 Å². The second-order valence-electron chi connectivity index (χ2n) is 3.62. The number of carbonyl (C=O) groups excluding carboxylic acids is 1. The third-order valence-electron chi connectivity index (χ3n) is 2.39. The fourth-order valence-corrected chi connectivity index (χ4v) is 1.66. The number of rotatable bonds is 2. The monoisotopic (exact) mass is 216 g/mol. The van der Waals surface area contributed by atoms with Gasteiger partial charge >= 0.3 is 0 Å². The highest BCUT2D eigenvalue weighted by atomic mass is 16.1. The molecule has 0 aliphatic heterocycles. The van der Waals surface area contributed by atoms with Crippen molar-refractivity contribution in [3.05, 3.63) is 35.9 Å². The van der Waals surface area contributed by atoms with Crippen LogP contribution in [0.2, 0.25) is 0 Å². The van der Waals surface area contributed by atoms with E-state index < -0.39 is 5.91 Å². The van der Waals surface area contributed by atoms with E-state index in [2.05, 4.69) is 10.1 Å². The Morgan fingerprint density at radius 2 is 2.25 bits per heavy atom. The topological polar surface area (TPSA) is 73.8 Å². The van der Waals surface area contributed by atoms with Crippen molar-refractivity contribution in [3.63, 3.8) is 0 Å². The van der Waals surface area contributed by atoms with Crippen LogP contribution in [0, 0.1) is 6.92 Å². The van der Waals surface area contributed by atoms with Crippen LogP contribution in [0.5, 0.6) is 0 Å². The molecule has 0 aliphatic rings. The largest absolute Gasteiger partial charge is 0.364 e. The minimum absolute atomic E-state index is 0.285. The lowest BCUT2D eigenvalue weighted by Crippen LogP contribution is -2.15. The van der Waals surface area contributed by atoms with E-state index in [0.29, 0.717) is 0 Å². The fourth-order valence-electron chi connectivity index (χ4n) is 1.66. The van der Waals surface area contributed by atoms with E-state index in [1.54, 1.807) is 17.1 Å². The van der Waals surface area contributed by atoms with Gasteiger partial charge in [0.15, 0.2) is 0 Å². The summed E-state index contributed by atoms with van der Waals surface area (Å²) in [5, 5.41) is 4.07. The smallest absolute Gasteiger partial charge is 0.267 e. The maximum absolute atomic E-state index is 11.3. The van der Waals surface area contributed by atoms with Crippen molar-refractivity contribution >= 4 is 5.91 Å². The summed E-state index contributed by atoms with van der Waals surface area (Å²) in [5.41, 5.74) is 8.14. The maximum Gasteiger partial charge on any atom is 0.267 e. The molecule has 0 bridgehead atoms. The van der Waals surface area contributed by atoms with Gasteiger partial charge < -0.3 is 5.73 Å². The molecule has 5 nitrogen and oxygen atoms in total. The number of aromatic nitrogens is 3. The van der Waals surface area contributed by atoms with Gasteiger partial charge in [-0.25, -0.2) is 0 Å². The van der Waals surface area contributed by atoms with Crippen molar-refractivity contribution in [2.45, 2.75) is 6.92 Å². The van der Waals surface area contributed by atoms with Crippen LogP contribution >= 0.6 is 0 Å². The van der Waals surface area contributed by atoms with Crippen LogP contribution < -0.4 is 5.73 Å². The van der Waals surface area contributed by atoms with Gasteiger partial charge in [-0.05, 0) is 18.6 Å².